The van der Waals surface area contributed by atoms with E-state index in [0.717, 1.165) is 0 Å². The first-order valence-corrected chi connectivity index (χ1v) is 7.84. The first kappa shape index (κ1) is 16.6. The SMILES string of the molecule is CCSc1nc(C(C#N)C(=O)c2ccccc2)ccc1[N+](=O)[O-]. The summed E-state index contributed by atoms with van der Waals surface area (Å²) in [6.07, 6.45) is 0. The molecule has 1 atom stereocenters. The number of nitro groups is 1. The molecule has 1 heterocycles. The highest BCUT2D eigenvalue weighted by atomic mass is 32.2. The fourth-order valence-electron chi connectivity index (χ4n) is 2.02. The molecule has 0 aliphatic rings. The van der Waals surface area contributed by atoms with Gasteiger partial charge in [0.25, 0.3) is 0 Å². The molecule has 1 aromatic carbocycles. The van der Waals surface area contributed by atoms with Gasteiger partial charge in [-0.25, -0.2) is 4.98 Å². The molecule has 7 heteroatoms. The zero-order valence-corrected chi connectivity index (χ0v) is 13.1. The van der Waals surface area contributed by atoms with Crippen molar-refractivity contribution < 1.29 is 9.72 Å². The molecule has 0 spiro atoms. The summed E-state index contributed by atoms with van der Waals surface area (Å²) in [5, 5.41) is 20.6. The van der Waals surface area contributed by atoms with Gasteiger partial charge in [-0.15, -0.1) is 0 Å². The Hall–Kier alpha value is -2.72. The predicted molar refractivity (Wildman–Crippen MR) is 86.4 cm³/mol. The van der Waals surface area contributed by atoms with Crippen molar-refractivity contribution in [3.63, 3.8) is 0 Å². The van der Waals surface area contributed by atoms with Crippen molar-refractivity contribution in [2.45, 2.75) is 17.9 Å². The maximum absolute atomic E-state index is 12.5. The summed E-state index contributed by atoms with van der Waals surface area (Å²) >= 11 is 1.21. The van der Waals surface area contributed by atoms with Gasteiger partial charge >= 0.3 is 5.69 Å². The van der Waals surface area contributed by atoms with Gasteiger partial charge in [-0.3, -0.25) is 14.9 Å². The highest BCUT2D eigenvalue weighted by molar-refractivity contribution is 7.99. The summed E-state index contributed by atoms with van der Waals surface area (Å²) in [5.74, 6) is -0.863. The Balaban J connectivity index is 2.42. The molecule has 0 amide bonds. The minimum atomic E-state index is -1.09. The minimum absolute atomic E-state index is 0.121. The Morgan fingerprint density at radius 3 is 2.61 bits per heavy atom. The number of rotatable bonds is 6. The molecule has 0 aliphatic heterocycles. The standard InChI is InChI=1S/C16H13N3O3S/c1-2-23-16-14(19(21)22)9-8-13(18-16)12(10-17)15(20)11-6-4-3-5-7-11/h3-9,12H,2H2,1H3. The summed E-state index contributed by atoms with van der Waals surface area (Å²) < 4.78 is 0. The van der Waals surface area contributed by atoms with Gasteiger partial charge in [-0.1, -0.05) is 49.0 Å². The molecule has 6 nitrogen and oxygen atoms in total. The predicted octanol–water partition coefficient (Wildman–Crippen LogP) is 3.59. The van der Waals surface area contributed by atoms with Gasteiger partial charge < -0.3 is 0 Å². The van der Waals surface area contributed by atoms with Gasteiger partial charge in [0.1, 0.15) is 0 Å². The maximum Gasteiger partial charge on any atom is 0.301 e. The van der Waals surface area contributed by atoms with Crippen molar-refractivity contribution in [1.29, 1.82) is 5.26 Å². The topological polar surface area (TPSA) is 96.9 Å². The quantitative estimate of drug-likeness (QED) is 0.348. The number of pyridine rings is 1. The van der Waals surface area contributed by atoms with E-state index >= 15 is 0 Å². The molecule has 0 radical (unpaired) electrons. The van der Waals surface area contributed by atoms with Gasteiger partial charge in [0.2, 0.25) is 0 Å². The molecule has 0 saturated carbocycles. The molecule has 1 unspecified atom stereocenters. The molecule has 0 fully saturated rings. The third kappa shape index (κ3) is 3.73. The number of benzene rings is 1. The summed E-state index contributed by atoms with van der Waals surface area (Å²) in [6.45, 7) is 1.85. The van der Waals surface area contributed by atoms with E-state index < -0.39 is 10.8 Å². The van der Waals surface area contributed by atoms with Crippen LogP contribution in [0.15, 0.2) is 47.5 Å². The van der Waals surface area contributed by atoms with Crippen LogP contribution in [0.5, 0.6) is 0 Å². The van der Waals surface area contributed by atoms with E-state index in [1.165, 1.54) is 23.9 Å². The fourth-order valence-corrected chi connectivity index (χ4v) is 2.75. The number of aromatic nitrogens is 1. The number of nitrogens with zero attached hydrogens (tertiary/aromatic N) is 3. The van der Waals surface area contributed by atoms with E-state index in [0.29, 0.717) is 11.3 Å². The van der Waals surface area contributed by atoms with Crippen molar-refractivity contribution in [1.82, 2.24) is 4.98 Å². The lowest BCUT2D eigenvalue weighted by Gasteiger charge is -2.09. The first-order chi connectivity index (χ1) is 11.1. The molecule has 1 aromatic heterocycles. The number of Topliss-reactive ketones (excluding diaryl/α,β-unsaturated/α-hetero) is 1. The van der Waals surface area contributed by atoms with Crippen LogP contribution in [-0.4, -0.2) is 21.4 Å². The molecular formula is C16H13N3O3S. The van der Waals surface area contributed by atoms with Crippen LogP contribution in [0.4, 0.5) is 5.69 Å². The van der Waals surface area contributed by atoms with Gasteiger partial charge in [0.15, 0.2) is 16.7 Å². The van der Waals surface area contributed by atoms with Crippen LogP contribution >= 0.6 is 11.8 Å². The number of thioether (sulfide) groups is 1. The Labute approximate surface area is 137 Å². The number of ketones is 1. The second-order valence-electron chi connectivity index (χ2n) is 4.54. The van der Waals surface area contributed by atoms with Crippen LogP contribution in [-0.2, 0) is 0 Å². The van der Waals surface area contributed by atoms with Crippen LogP contribution in [0, 0.1) is 21.4 Å². The second kappa shape index (κ2) is 7.51. The summed E-state index contributed by atoms with van der Waals surface area (Å²) in [6, 6.07) is 13.1. The van der Waals surface area contributed by atoms with Gasteiger partial charge in [0.05, 0.1) is 16.7 Å². The molecule has 2 rings (SSSR count). The Morgan fingerprint density at radius 1 is 1.35 bits per heavy atom. The number of carbonyl (C=O) groups excluding carboxylic acids is 1. The average Bonchev–Trinajstić information content (AvgIpc) is 2.56. The highest BCUT2D eigenvalue weighted by Gasteiger charge is 2.26. The lowest BCUT2D eigenvalue weighted by atomic mass is 9.95. The van der Waals surface area contributed by atoms with Crippen LogP contribution in [0.2, 0.25) is 0 Å². The van der Waals surface area contributed by atoms with E-state index in [1.54, 1.807) is 30.3 Å². The van der Waals surface area contributed by atoms with Crippen LogP contribution < -0.4 is 0 Å². The lowest BCUT2D eigenvalue weighted by Crippen LogP contribution is -2.13. The fraction of sp³-hybridized carbons (Fsp3) is 0.188. The Morgan fingerprint density at radius 2 is 2.04 bits per heavy atom. The lowest BCUT2D eigenvalue weighted by molar-refractivity contribution is -0.388. The molecule has 0 aliphatic carbocycles. The molecule has 0 bridgehead atoms. The first-order valence-electron chi connectivity index (χ1n) is 6.85. The van der Waals surface area contributed by atoms with E-state index in [1.807, 2.05) is 13.0 Å². The van der Waals surface area contributed by atoms with Gasteiger partial charge in [0, 0.05) is 11.6 Å². The molecular weight excluding hydrogens is 314 g/mol. The normalized spacial score (nSPS) is 11.5. The smallest absolute Gasteiger partial charge is 0.292 e. The van der Waals surface area contributed by atoms with Crippen molar-refractivity contribution in [2.24, 2.45) is 0 Å². The van der Waals surface area contributed by atoms with Crippen molar-refractivity contribution in [3.8, 4) is 6.07 Å². The zero-order chi connectivity index (χ0) is 16.8. The summed E-state index contributed by atoms with van der Waals surface area (Å²) in [4.78, 5) is 27.1. The molecule has 23 heavy (non-hydrogen) atoms. The molecule has 0 saturated heterocycles. The Kier molecular flexibility index (Phi) is 5.44. The average molecular weight is 327 g/mol. The van der Waals surface area contributed by atoms with Crippen LogP contribution in [0.3, 0.4) is 0 Å². The van der Waals surface area contributed by atoms with Crippen LogP contribution in [0.1, 0.15) is 28.9 Å². The minimum Gasteiger partial charge on any atom is -0.292 e. The van der Waals surface area contributed by atoms with Crippen molar-refractivity contribution in [2.75, 3.05) is 5.75 Å². The number of hydrogen-bond acceptors (Lipinski definition) is 6. The Bertz CT molecular complexity index is 772. The monoisotopic (exact) mass is 327 g/mol. The summed E-state index contributed by atoms with van der Waals surface area (Å²) in [7, 11) is 0. The number of carbonyl (C=O) groups is 1. The van der Waals surface area contributed by atoms with E-state index in [2.05, 4.69) is 4.98 Å². The van der Waals surface area contributed by atoms with E-state index in [4.69, 9.17) is 0 Å². The number of nitriles is 1. The van der Waals surface area contributed by atoms with E-state index in [9.17, 15) is 20.2 Å². The third-order valence-corrected chi connectivity index (χ3v) is 3.95. The maximum atomic E-state index is 12.5. The third-order valence-electron chi connectivity index (χ3n) is 3.08. The van der Waals surface area contributed by atoms with E-state index in [-0.39, 0.29) is 22.2 Å². The zero-order valence-electron chi connectivity index (χ0n) is 12.3. The number of hydrogen-bond donors (Lipinski definition) is 0. The van der Waals surface area contributed by atoms with Crippen molar-refractivity contribution in [3.05, 3.63) is 63.8 Å². The van der Waals surface area contributed by atoms with Crippen LogP contribution in [0.25, 0.3) is 0 Å². The van der Waals surface area contributed by atoms with Crippen molar-refractivity contribution >= 4 is 23.2 Å². The van der Waals surface area contributed by atoms with Gasteiger partial charge in [-0.2, -0.15) is 5.26 Å². The largest absolute Gasteiger partial charge is 0.301 e. The molecule has 2 aromatic rings. The molecule has 116 valence electrons. The molecule has 0 N–H and O–H groups in total. The highest BCUT2D eigenvalue weighted by Crippen LogP contribution is 2.29. The summed E-state index contributed by atoms with van der Waals surface area (Å²) in [5.41, 5.74) is 0.510. The second-order valence-corrected chi connectivity index (χ2v) is 5.80. The van der Waals surface area contributed by atoms with Gasteiger partial charge in [-0.05, 0) is 11.8 Å².